The van der Waals surface area contributed by atoms with E-state index in [9.17, 15) is 14.4 Å². The summed E-state index contributed by atoms with van der Waals surface area (Å²) in [6.45, 7) is 6.51. The predicted molar refractivity (Wildman–Crippen MR) is 149 cm³/mol. The van der Waals surface area contributed by atoms with Crippen LogP contribution in [0.25, 0.3) is 0 Å². The molecule has 1 aliphatic heterocycles. The van der Waals surface area contributed by atoms with Gasteiger partial charge in [-0.2, -0.15) is 0 Å². The molecule has 1 aromatic rings. The van der Waals surface area contributed by atoms with Gasteiger partial charge in [0.05, 0.1) is 30.9 Å². The fourth-order valence-corrected chi connectivity index (χ4v) is 5.72. The summed E-state index contributed by atoms with van der Waals surface area (Å²) in [7, 11) is 3.09. The highest BCUT2D eigenvalue weighted by molar-refractivity contribution is 5.98. The van der Waals surface area contributed by atoms with Crippen LogP contribution in [-0.2, 0) is 19.0 Å². The number of aromatic nitrogens is 1. The van der Waals surface area contributed by atoms with Crippen LogP contribution in [0.15, 0.2) is 12.3 Å². The number of methoxy groups -OCH3 is 2. The van der Waals surface area contributed by atoms with Crippen molar-refractivity contribution in [3.63, 3.8) is 0 Å². The van der Waals surface area contributed by atoms with E-state index in [0.29, 0.717) is 37.0 Å². The quantitative estimate of drug-likeness (QED) is 0.451. The number of ether oxygens (including phenoxy) is 3. The molecule has 5 rings (SSSR count). The number of nitrogens with one attached hydrogen (secondary N) is 1. The van der Waals surface area contributed by atoms with E-state index in [2.05, 4.69) is 11.4 Å². The van der Waals surface area contributed by atoms with Crippen molar-refractivity contribution in [3.05, 3.63) is 23.5 Å². The number of carbonyl (C=O) groups is 3. The van der Waals surface area contributed by atoms with Crippen LogP contribution in [0.4, 0.5) is 10.5 Å². The Kier molecular flexibility index (Phi) is 8.27. The third-order valence-corrected chi connectivity index (χ3v) is 8.42. The molecule has 40 heavy (non-hydrogen) atoms. The van der Waals surface area contributed by atoms with E-state index in [0.717, 1.165) is 49.8 Å². The zero-order chi connectivity index (χ0) is 28.6. The second-order valence-corrected chi connectivity index (χ2v) is 13.0. The summed E-state index contributed by atoms with van der Waals surface area (Å²) in [5.74, 6) is -0.180. The first kappa shape index (κ1) is 28.6. The lowest BCUT2D eigenvalue weighted by molar-refractivity contribution is -0.148. The SMILES string of the molecule is COC(=O)[C@@H]1C[C@H](N(CC2CC2)C(=O)c2ncc(C3CC3)cc2NC2CC(OC)C2)CN(C(=O)OC(C)(C)C)C1. The maximum atomic E-state index is 14.3. The molecule has 0 aromatic carbocycles. The van der Waals surface area contributed by atoms with Crippen molar-refractivity contribution in [1.29, 1.82) is 0 Å². The highest BCUT2D eigenvalue weighted by Gasteiger charge is 2.42. The Morgan fingerprint density at radius 2 is 1.80 bits per heavy atom. The smallest absolute Gasteiger partial charge is 0.410 e. The first-order valence-corrected chi connectivity index (χ1v) is 14.7. The standard InChI is InChI=1S/C30H44N4O6/c1-30(2,3)40-29(37)33-16-21(28(36)39-5)10-23(17-33)34(15-18-6-7-18)27(35)26-25(32-22-12-24(13-22)38-4)11-20(14-31-26)19-8-9-19/h11,14,18-19,21-24,32H,6-10,12-13,15-17H2,1-5H3/t21-,22?,23+,24?/m1/s1. The summed E-state index contributed by atoms with van der Waals surface area (Å²) >= 11 is 0. The van der Waals surface area contributed by atoms with Gasteiger partial charge in [0.15, 0.2) is 5.69 Å². The normalized spacial score (nSPS) is 26.5. The minimum Gasteiger partial charge on any atom is -0.469 e. The van der Waals surface area contributed by atoms with Crippen LogP contribution >= 0.6 is 0 Å². The molecule has 1 saturated heterocycles. The lowest BCUT2D eigenvalue weighted by Gasteiger charge is -2.42. The molecule has 3 saturated carbocycles. The van der Waals surface area contributed by atoms with Crippen LogP contribution in [0.1, 0.15) is 87.7 Å². The van der Waals surface area contributed by atoms with Gasteiger partial charge >= 0.3 is 12.1 Å². The van der Waals surface area contributed by atoms with E-state index in [1.807, 2.05) is 31.9 Å². The average Bonchev–Trinajstić information content (AvgIpc) is 3.81. The maximum Gasteiger partial charge on any atom is 0.410 e. The van der Waals surface area contributed by atoms with Crippen molar-refractivity contribution in [3.8, 4) is 0 Å². The Morgan fingerprint density at radius 3 is 2.40 bits per heavy atom. The second kappa shape index (κ2) is 11.5. The molecule has 1 N–H and O–H groups in total. The van der Waals surface area contributed by atoms with Crippen molar-refractivity contribution >= 4 is 23.7 Å². The topological polar surface area (TPSA) is 110 Å². The number of carbonyl (C=O) groups excluding carboxylic acids is 3. The van der Waals surface area contributed by atoms with Crippen LogP contribution in [0, 0.1) is 11.8 Å². The molecule has 4 fully saturated rings. The number of hydrogen-bond acceptors (Lipinski definition) is 8. The summed E-state index contributed by atoms with van der Waals surface area (Å²) in [6.07, 6.45) is 8.20. The predicted octanol–water partition coefficient (Wildman–Crippen LogP) is 4.20. The van der Waals surface area contributed by atoms with Crippen molar-refractivity contribution in [2.24, 2.45) is 11.8 Å². The molecule has 2 atom stereocenters. The Labute approximate surface area is 237 Å². The van der Waals surface area contributed by atoms with E-state index < -0.39 is 17.6 Å². The van der Waals surface area contributed by atoms with Gasteiger partial charge in [-0.1, -0.05) is 0 Å². The van der Waals surface area contributed by atoms with Gasteiger partial charge in [0.25, 0.3) is 5.91 Å². The summed E-state index contributed by atoms with van der Waals surface area (Å²) in [5.41, 5.74) is 1.65. The highest BCUT2D eigenvalue weighted by atomic mass is 16.6. The van der Waals surface area contributed by atoms with E-state index in [4.69, 9.17) is 19.2 Å². The van der Waals surface area contributed by atoms with Crippen molar-refractivity contribution in [2.45, 2.75) is 95.4 Å². The third kappa shape index (κ3) is 6.87. The van der Waals surface area contributed by atoms with E-state index >= 15 is 0 Å². The van der Waals surface area contributed by atoms with Gasteiger partial charge in [-0.05, 0) is 89.2 Å². The van der Waals surface area contributed by atoms with Crippen LogP contribution in [0.3, 0.4) is 0 Å². The lowest BCUT2D eigenvalue weighted by atomic mass is 9.89. The van der Waals surface area contributed by atoms with Crippen molar-refractivity contribution < 1.29 is 28.6 Å². The summed E-state index contributed by atoms with van der Waals surface area (Å²) in [6, 6.07) is 1.96. The summed E-state index contributed by atoms with van der Waals surface area (Å²) in [4.78, 5) is 48.3. The minimum atomic E-state index is -0.675. The molecule has 0 spiro atoms. The number of hydrogen-bond donors (Lipinski definition) is 1. The molecule has 10 nitrogen and oxygen atoms in total. The fraction of sp³-hybridized carbons (Fsp3) is 0.733. The van der Waals surface area contributed by atoms with E-state index in [1.54, 1.807) is 12.0 Å². The molecule has 220 valence electrons. The zero-order valence-electron chi connectivity index (χ0n) is 24.5. The number of rotatable bonds is 9. The van der Waals surface area contributed by atoms with Crippen molar-refractivity contribution in [2.75, 3.05) is 39.2 Å². The third-order valence-electron chi connectivity index (χ3n) is 8.42. The number of likely N-dealkylation sites (tertiary alicyclic amines) is 1. The van der Waals surface area contributed by atoms with E-state index in [-0.39, 0.29) is 36.6 Å². The Balaban J connectivity index is 1.42. The summed E-state index contributed by atoms with van der Waals surface area (Å²) < 4.78 is 16.2. The minimum absolute atomic E-state index is 0.168. The van der Waals surface area contributed by atoms with Gasteiger partial charge in [0.1, 0.15) is 5.60 Å². The Hall–Kier alpha value is -2.88. The van der Waals surface area contributed by atoms with E-state index in [1.165, 1.54) is 7.11 Å². The molecule has 2 amide bonds. The molecule has 2 heterocycles. The van der Waals surface area contributed by atoms with Gasteiger partial charge in [-0.3, -0.25) is 9.59 Å². The van der Waals surface area contributed by atoms with Crippen LogP contribution in [0.5, 0.6) is 0 Å². The largest absolute Gasteiger partial charge is 0.469 e. The molecule has 10 heteroatoms. The molecule has 1 aromatic heterocycles. The number of esters is 1. The molecular formula is C30H44N4O6. The molecule has 4 aliphatic rings. The number of piperidine rings is 1. The lowest BCUT2D eigenvalue weighted by Crippen LogP contribution is -2.56. The number of pyridine rings is 1. The second-order valence-electron chi connectivity index (χ2n) is 13.0. The number of nitrogens with zero attached hydrogens (tertiary/aromatic N) is 3. The highest BCUT2D eigenvalue weighted by Crippen LogP contribution is 2.42. The molecule has 0 radical (unpaired) electrons. The maximum absolute atomic E-state index is 14.3. The van der Waals surface area contributed by atoms with Gasteiger partial charge in [-0.15, -0.1) is 0 Å². The Bertz CT molecular complexity index is 1110. The van der Waals surface area contributed by atoms with Crippen LogP contribution < -0.4 is 5.32 Å². The van der Waals surface area contributed by atoms with Crippen molar-refractivity contribution in [1.82, 2.24) is 14.8 Å². The van der Waals surface area contributed by atoms with Crippen LogP contribution in [-0.4, -0.2) is 90.4 Å². The monoisotopic (exact) mass is 556 g/mol. The average molecular weight is 557 g/mol. The first-order valence-electron chi connectivity index (χ1n) is 14.7. The molecule has 0 bridgehead atoms. The van der Waals surface area contributed by atoms with Gasteiger partial charge < -0.3 is 29.3 Å². The summed E-state index contributed by atoms with van der Waals surface area (Å²) in [5, 5.41) is 3.58. The fourth-order valence-electron chi connectivity index (χ4n) is 5.72. The number of amides is 2. The van der Waals surface area contributed by atoms with Gasteiger partial charge in [-0.25, -0.2) is 9.78 Å². The first-order chi connectivity index (χ1) is 19.0. The number of anilines is 1. The molecular weight excluding hydrogens is 512 g/mol. The van der Waals surface area contributed by atoms with Gasteiger partial charge in [0, 0.05) is 39.0 Å². The van der Waals surface area contributed by atoms with Gasteiger partial charge in [0.2, 0.25) is 0 Å². The Morgan fingerprint density at radius 1 is 1.07 bits per heavy atom. The molecule has 3 aliphatic carbocycles. The molecule has 0 unspecified atom stereocenters. The zero-order valence-corrected chi connectivity index (χ0v) is 24.5. The van der Waals surface area contributed by atoms with Crippen LogP contribution in [0.2, 0.25) is 0 Å².